The van der Waals surface area contributed by atoms with Gasteiger partial charge in [0.05, 0.1) is 5.56 Å². The topological polar surface area (TPSA) is 64.8 Å². The number of hydrogen-bond donors (Lipinski definition) is 1. The van der Waals surface area contributed by atoms with Gasteiger partial charge >= 0.3 is 0 Å². The van der Waals surface area contributed by atoms with Crippen molar-refractivity contribution in [2.24, 2.45) is 5.73 Å². The molecule has 3 rings (SSSR count). The van der Waals surface area contributed by atoms with Crippen molar-refractivity contribution in [2.45, 2.75) is 18.9 Å². The lowest BCUT2D eigenvalue weighted by molar-refractivity contribution is 0.0720. The van der Waals surface area contributed by atoms with Gasteiger partial charge in [-0.15, -0.1) is 0 Å². The number of amides is 1. The maximum Gasteiger partial charge on any atom is 0.257 e. The average molecular weight is 326 g/mol. The Kier molecular flexibility index (Phi) is 5.01. The number of carbonyl (C=O) groups is 1. The molecular weight excluding hydrogens is 304 g/mol. The molecule has 1 heterocycles. The predicted octanol–water partition coefficient (Wildman–Crippen LogP) is 2.45. The summed E-state index contributed by atoms with van der Waals surface area (Å²) < 4.78 is 10.8. The molecule has 1 aliphatic rings. The first-order valence-corrected chi connectivity index (χ1v) is 8.10. The highest BCUT2D eigenvalue weighted by atomic mass is 16.7. The van der Waals surface area contributed by atoms with Crippen molar-refractivity contribution in [1.29, 1.82) is 0 Å². The molecule has 126 valence electrons. The summed E-state index contributed by atoms with van der Waals surface area (Å²) in [5.74, 6) is 1.07. The summed E-state index contributed by atoms with van der Waals surface area (Å²) in [5, 5.41) is 0. The summed E-state index contributed by atoms with van der Waals surface area (Å²) in [7, 11) is 1.82. The van der Waals surface area contributed by atoms with E-state index in [1.54, 1.807) is 17.0 Å². The molecule has 1 amide bonds. The van der Waals surface area contributed by atoms with Gasteiger partial charge in [-0.2, -0.15) is 0 Å². The van der Waals surface area contributed by atoms with Crippen LogP contribution in [-0.4, -0.2) is 37.2 Å². The van der Waals surface area contributed by atoms with Crippen LogP contribution in [0.25, 0.3) is 0 Å². The number of benzene rings is 2. The maximum atomic E-state index is 13.0. The van der Waals surface area contributed by atoms with Crippen molar-refractivity contribution in [1.82, 2.24) is 4.90 Å². The molecule has 5 nitrogen and oxygen atoms in total. The molecule has 5 heteroatoms. The van der Waals surface area contributed by atoms with Gasteiger partial charge < -0.3 is 20.1 Å². The lowest BCUT2D eigenvalue weighted by Crippen LogP contribution is -2.40. The molecule has 0 aliphatic carbocycles. The zero-order valence-electron chi connectivity index (χ0n) is 13.8. The minimum Gasteiger partial charge on any atom is -0.454 e. The zero-order valence-corrected chi connectivity index (χ0v) is 13.8. The normalized spacial score (nSPS) is 13.6. The van der Waals surface area contributed by atoms with Gasteiger partial charge in [0.25, 0.3) is 5.91 Å². The first kappa shape index (κ1) is 16.3. The first-order valence-electron chi connectivity index (χ1n) is 8.10. The van der Waals surface area contributed by atoms with Crippen LogP contribution >= 0.6 is 0 Å². The van der Waals surface area contributed by atoms with Crippen LogP contribution in [0.1, 0.15) is 22.3 Å². The Morgan fingerprint density at radius 3 is 2.71 bits per heavy atom. The molecule has 0 saturated carbocycles. The van der Waals surface area contributed by atoms with E-state index in [0.29, 0.717) is 23.6 Å². The van der Waals surface area contributed by atoms with Gasteiger partial charge in [-0.3, -0.25) is 4.79 Å². The molecule has 0 aromatic heterocycles. The van der Waals surface area contributed by atoms with Gasteiger partial charge in [0.1, 0.15) is 0 Å². The minimum atomic E-state index is -0.0771. The lowest BCUT2D eigenvalue weighted by Gasteiger charge is -2.28. The van der Waals surface area contributed by atoms with E-state index in [0.717, 1.165) is 12.8 Å². The third kappa shape index (κ3) is 3.36. The van der Waals surface area contributed by atoms with E-state index in [1.165, 1.54) is 5.56 Å². The van der Waals surface area contributed by atoms with E-state index in [-0.39, 0.29) is 18.7 Å². The Morgan fingerprint density at radius 1 is 1.17 bits per heavy atom. The van der Waals surface area contributed by atoms with Crippen LogP contribution in [0, 0.1) is 0 Å². The van der Waals surface area contributed by atoms with Gasteiger partial charge in [0.15, 0.2) is 11.5 Å². The summed E-state index contributed by atoms with van der Waals surface area (Å²) in [4.78, 5) is 14.7. The van der Waals surface area contributed by atoms with Crippen molar-refractivity contribution in [3.05, 3.63) is 59.7 Å². The molecule has 1 aliphatic heterocycles. The summed E-state index contributed by atoms with van der Waals surface area (Å²) in [6.07, 6.45) is 1.51. The Labute approximate surface area is 142 Å². The summed E-state index contributed by atoms with van der Waals surface area (Å²) in [6, 6.07) is 15.6. The SMILES string of the molecule is CN(C(=O)c1cccc2c1OCO2)[C@H](CCN)Cc1ccccc1. The van der Waals surface area contributed by atoms with Crippen LogP contribution in [0.2, 0.25) is 0 Å². The second kappa shape index (κ2) is 7.36. The van der Waals surface area contributed by atoms with Gasteiger partial charge in [-0.1, -0.05) is 36.4 Å². The number of hydrogen-bond acceptors (Lipinski definition) is 4. The largest absolute Gasteiger partial charge is 0.454 e. The molecule has 0 spiro atoms. The number of fused-ring (bicyclic) bond motifs is 1. The number of nitrogens with two attached hydrogens (primary N) is 1. The molecule has 2 aromatic rings. The number of rotatable bonds is 6. The fourth-order valence-electron chi connectivity index (χ4n) is 2.97. The van der Waals surface area contributed by atoms with Crippen LogP contribution < -0.4 is 15.2 Å². The number of ether oxygens (including phenoxy) is 2. The third-order valence-corrected chi connectivity index (χ3v) is 4.31. The van der Waals surface area contributed by atoms with Gasteiger partial charge in [-0.25, -0.2) is 0 Å². The monoisotopic (exact) mass is 326 g/mol. The third-order valence-electron chi connectivity index (χ3n) is 4.31. The van der Waals surface area contributed by atoms with Crippen LogP contribution in [0.3, 0.4) is 0 Å². The molecular formula is C19H22N2O3. The fraction of sp³-hybridized carbons (Fsp3) is 0.316. The standard InChI is InChI=1S/C19H22N2O3/c1-21(15(10-11-20)12-14-6-3-2-4-7-14)19(22)16-8-5-9-17-18(16)24-13-23-17/h2-9,15H,10-13,20H2,1H3/t15-/m1/s1. The van der Waals surface area contributed by atoms with E-state index in [2.05, 4.69) is 12.1 Å². The van der Waals surface area contributed by atoms with E-state index in [9.17, 15) is 4.79 Å². The highest BCUT2D eigenvalue weighted by molar-refractivity contribution is 5.98. The van der Waals surface area contributed by atoms with Crippen LogP contribution in [0.5, 0.6) is 11.5 Å². The summed E-state index contributed by atoms with van der Waals surface area (Å²) >= 11 is 0. The van der Waals surface area contributed by atoms with Gasteiger partial charge in [0.2, 0.25) is 6.79 Å². The van der Waals surface area contributed by atoms with Crippen molar-refractivity contribution >= 4 is 5.91 Å². The predicted molar refractivity (Wildman–Crippen MR) is 92.3 cm³/mol. The number of likely N-dealkylation sites (N-methyl/N-ethyl adjacent to an activating group) is 1. The molecule has 1 atom stereocenters. The Morgan fingerprint density at radius 2 is 1.96 bits per heavy atom. The van der Waals surface area contributed by atoms with E-state index in [4.69, 9.17) is 15.2 Å². The zero-order chi connectivity index (χ0) is 16.9. The maximum absolute atomic E-state index is 13.0. The molecule has 0 saturated heterocycles. The molecule has 2 N–H and O–H groups in total. The van der Waals surface area contributed by atoms with Crippen molar-refractivity contribution < 1.29 is 14.3 Å². The highest BCUT2D eigenvalue weighted by Crippen LogP contribution is 2.36. The van der Waals surface area contributed by atoms with Crippen molar-refractivity contribution in [3.63, 3.8) is 0 Å². The van der Waals surface area contributed by atoms with Crippen LogP contribution in [0.15, 0.2) is 48.5 Å². The lowest BCUT2D eigenvalue weighted by atomic mass is 10.0. The Bertz CT molecular complexity index is 703. The molecule has 0 fully saturated rings. The first-order chi connectivity index (χ1) is 11.7. The Hall–Kier alpha value is -2.53. The smallest absolute Gasteiger partial charge is 0.257 e. The minimum absolute atomic E-state index is 0.0306. The number of carbonyl (C=O) groups excluding carboxylic acids is 1. The molecule has 2 aromatic carbocycles. The van der Waals surface area contributed by atoms with Crippen LogP contribution in [-0.2, 0) is 6.42 Å². The quantitative estimate of drug-likeness (QED) is 0.885. The summed E-state index contributed by atoms with van der Waals surface area (Å²) in [5.41, 5.74) is 7.49. The highest BCUT2D eigenvalue weighted by Gasteiger charge is 2.27. The van der Waals surface area contributed by atoms with E-state index in [1.807, 2.05) is 31.3 Å². The molecule has 24 heavy (non-hydrogen) atoms. The van der Waals surface area contributed by atoms with E-state index < -0.39 is 0 Å². The second-order valence-corrected chi connectivity index (χ2v) is 5.88. The van der Waals surface area contributed by atoms with Crippen molar-refractivity contribution in [3.8, 4) is 11.5 Å². The van der Waals surface area contributed by atoms with Gasteiger partial charge in [-0.05, 0) is 37.1 Å². The molecule has 0 bridgehead atoms. The van der Waals surface area contributed by atoms with Crippen LogP contribution in [0.4, 0.5) is 0 Å². The van der Waals surface area contributed by atoms with Crippen molar-refractivity contribution in [2.75, 3.05) is 20.4 Å². The number of nitrogens with zero attached hydrogens (tertiary/aromatic N) is 1. The average Bonchev–Trinajstić information content (AvgIpc) is 3.10. The summed E-state index contributed by atoms with van der Waals surface area (Å²) in [6.45, 7) is 0.682. The Balaban J connectivity index is 1.81. The van der Waals surface area contributed by atoms with Gasteiger partial charge in [0, 0.05) is 13.1 Å². The van der Waals surface area contributed by atoms with E-state index >= 15 is 0 Å². The molecule has 0 radical (unpaired) electrons. The fourth-order valence-corrected chi connectivity index (χ4v) is 2.97. The second-order valence-electron chi connectivity index (χ2n) is 5.88. The molecule has 0 unspecified atom stereocenters. The number of para-hydroxylation sites is 1.